The van der Waals surface area contributed by atoms with Crippen LogP contribution in [0.2, 0.25) is 5.02 Å². The van der Waals surface area contributed by atoms with Crippen LogP contribution in [-0.4, -0.2) is 19.1 Å². The first kappa shape index (κ1) is 16.1. The summed E-state index contributed by atoms with van der Waals surface area (Å²) in [7, 11) is 0. The van der Waals surface area contributed by atoms with Crippen molar-refractivity contribution in [1.29, 1.82) is 0 Å². The number of anilines is 1. The van der Waals surface area contributed by atoms with Crippen molar-refractivity contribution < 1.29 is 22.7 Å². The van der Waals surface area contributed by atoms with E-state index in [4.69, 9.17) is 16.3 Å². The number of hydrogen-bond donors (Lipinski definition) is 1. The van der Waals surface area contributed by atoms with E-state index in [0.717, 1.165) is 31.0 Å². The number of alkyl halides is 3. The van der Waals surface area contributed by atoms with E-state index in [-0.39, 0.29) is 29.0 Å². The Morgan fingerprint density at radius 3 is 2.81 bits per heavy atom. The fraction of sp³-hybridized carbons (Fsp3) is 0.500. The Labute approximate surface area is 125 Å². The number of ether oxygens (including phenoxy) is 1. The second-order valence-corrected chi connectivity index (χ2v) is 5.44. The number of nitrogens with one attached hydrogen (secondary N) is 1. The molecule has 1 heterocycles. The van der Waals surface area contributed by atoms with Gasteiger partial charge in [0.1, 0.15) is 0 Å². The van der Waals surface area contributed by atoms with E-state index in [1.807, 2.05) is 0 Å². The van der Waals surface area contributed by atoms with Crippen molar-refractivity contribution >= 4 is 23.2 Å². The number of hydrogen-bond acceptors (Lipinski definition) is 2. The Bertz CT molecular complexity index is 513. The summed E-state index contributed by atoms with van der Waals surface area (Å²) < 4.78 is 43.2. The van der Waals surface area contributed by atoms with Gasteiger partial charge in [0.15, 0.2) is 0 Å². The highest BCUT2D eigenvalue weighted by atomic mass is 35.5. The summed E-state index contributed by atoms with van der Waals surface area (Å²) in [6, 6.07) is 2.86. The molecule has 0 bridgehead atoms. The third-order valence-electron chi connectivity index (χ3n) is 3.30. The Kier molecular flexibility index (Phi) is 5.11. The summed E-state index contributed by atoms with van der Waals surface area (Å²) in [6.07, 6.45) is -2.49. The molecular formula is C14H15ClF3NO2. The first-order chi connectivity index (χ1) is 9.86. The maximum Gasteiger partial charge on any atom is 0.416 e. The predicted molar refractivity (Wildman–Crippen MR) is 73.2 cm³/mol. The molecule has 1 fully saturated rings. The quantitative estimate of drug-likeness (QED) is 0.909. The average molecular weight is 322 g/mol. The Balaban J connectivity index is 2.02. The molecule has 3 nitrogen and oxygen atoms in total. The molecule has 1 saturated heterocycles. The molecule has 1 aliphatic heterocycles. The second-order valence-electron chi connectivity index (χ2n) is 5.03. The van der Waals surface area contributed by atoms with Crippen LogP contribution >= 0.6 is 11.6 Å². The van der Waals surface area contributed by atoms with Gasteiger partial charge in [-0.15, -0.1) is 0 Å². The highest BCUT2D eigenvalue weighted by Crippen LogP contribution is 2.34. The minimum Gasteiger partial charge on any atom is -0.381 e. The number of amides is 1. The van der Waals surface area contributed by atoms with Crippen LogP contribution in [0.5, 0.6) is 0 Å². The van der Waals surface area contributed by atoms with E-state index in [9.17, 15) is 18.0 Å². The largest absolute Gasteiger partial charge is 0.416 e. The van der Waals surface area contributed by atoms with Crippen LogP contribution in [0.15, 0.2) is 18.2 Å². The van der Waals surface area contributed by atoms with Crippen molar-refractivity contribution in [1.82, 2.24) is 0 Å². The van der Waals surface area contributed by atoms with Gasteiger partial charge < -0.3 is 10.1 Å². The van der Waals surface area contributed by atoms with Crippen LogP contribution < -0.4 is 5.32 Å². The van der Waals surface area contributed by atoms with Gasteiger partial charge in [0.2, 0.25) is 5.91 Å². The number of halogens is 4. The molecule has 1 amide bonds. The van der Waals surface area contributed by atoms with Crippen LogP contribution in [0.3, 0.4) is 0 Å². The lowest BCUT2D eigenvalue weighted by molar-refractivity contribution is -0.137. The highest BCUT2D eigenvalue weighted by Gasteiger charge is 2.31. The molecule has 2 rings (SSSR count). The summed E-state index contributed by atoms with van der Waals surface area (Å²) >= 11 is 5.83. The van der Waals surface area contributed by atoms with Crippen LogP contribution in [-0.2, 0) is 15.7 Å². The van der Waals surface area contributed by atoms with E-state index in [0.29, 0.717) is 13.2 Å². The number of carbonyl (C=O) groups is 1. The van der Waals surface area contributed by atoms with E-state index in [1.165, 1.54) is 0 Å². The maximum atomic E-state index is 12.6. The molecule has 1 aliphatic rings. The minimum atomic E-state index is -4.47. The van der Waals surface area contributed by atoms with Crippen molar-refractivity contribution in [3.05, 3.63) is 28.8 Å². The van der Waals surface area contributed by atoms with Gasteiger partial charge in [-0.2, -0.15) is 13.2 Å². The van der Waals surface area contributed by atoms with E-state index >= 15 is 0 Å². The summed E-state index contributed by atoms with van der Waals surface area (Å²) in [6.45, 7) is 1.20. The zero-order valence-corrected chi connectivity index (χ0v) is 11.9. The van der Waals surface area contributed by atoms with Gasteiger partial charge >= 0.3 is 6.18 Å². The normalized spacial score (nSPS) is 19.3. The van der Waals surface area contributed by atoms with E-state index in [1.54, 1.807) is 0 Å². The standard InChI is InChI=1S/C14H15ClF3NO2/c15-11-4-3-10(14(16,17)18)7-12(11)19-13(20)6-9-2-1-5-21-8-9/h3-4,7,9H,1-2,5-6,8H2,(H,19,20). The summed E-state index contributed by atoms with van der Waals surface area (Å²) in [5.41, 5.74) is -0.864. The Hall–Kier alpha value is -1.27. The SMILES string of the molecule is O=C(CC1CCCOC1)Nc1cc(C(F)(F)F)ccc1Cl. The second kappa shape index (κ2) is 6.66. The van der Waals surface area contributed by atoms with Crippen molar-refractivity contribution in [2.75, 3.05) is 18.5 Å². The molecule has 7 heteroatoms. The molecule has 0 radical (unpaired) electrons. The van der Waals surface area contributed by atoms with Crippen LogP contribution in [0.25, 0.3) is 0 Å². The highest BCUT2D eigenvalue weighted by molar-refractivity contribution is 6.33. The van der Waals surface area contributed by atoms with Gasteiger partial charge in [0.25, 0.3) is 0 Å². The Morgan fingerprint density at radius 2 is 2.19 bits per heavy atom. The minimum absolute atomic E-state index is 0.0202. The van der Waals surface area contributed by atoms with Gasteiger partial charge in [-0.25, -0.2) is 0 Å². The van der Waals surface area contributed by atoms with Crippen molar-refractivity contribution in [2.24, 2.45) is 5.92 Å². The van der Waals surface area contributed by atoms with E-state index in [2.05, 4.69) is 5.32 Å². The van der Waals surface area contributed by atoms with Gasteiger partial charge in [-0.3, -0.25) is 4.79 Å². The zero-order chi connectivity index (χ0) is 15.5. The molecule has 0 aromatic heterocycles. The van der Waals surface area contributed by atoms with Gasteiger partial charge in [0, 0.05) is 19.6 Å². The predicted octanol–water partition coefficient (Wildman–Crippen LogP) is 4.11. The lowest BCUT2D eigenvalue weighted by Gasteiger charge is -2.21. The maximum absolute atomic E-state index is 12.6. The molecule has 0 saturated carbocycles. The summed E-state index contributed by atoms with van der Waals surface area (Å²) in [4.78, 5) is 11.9. The monoisotopic (exact) mass is 321 g/mol. The smallest absolute Gasteiger partial charge is 0.381 e. The van der Waals surface area contributed by atoms with Crippen LogP contribution in [0, 0.1) is 5.92 Å². The number of carbonyl (C=O) groups excluding carboxylic acids is 1. The Morgan fingerprint density at radius 1 is 1.43 bits per heavy atom. The van der Waals surface area contributed by atoms with Crippen molar-refractivity contribution in [3.8, 4) is 0 Å². The molecular weight excluding hydrogens is 307 g/mol. The third-order valence-corrected chi connectivity index (χ3v) is 3.63. The van der Waals surface area contributed by atoms with Gasteiger partial charge in [0.05, 0.1) is 16.3 Å². The molecule has 1 N–H and O–H groups in total. The average Bonchev–Trinajstić information content (AvgIpc) is 2.41. The molecule has 1 aromatic carbocycles. The van der Waals surface area contributed by atoms with Crippen molar-refractivity contribution in [3.63, 3.8) is 0 Å². The third kappa shape index (κ3) is 4.61. The number of rotatable bonds is 3. The van der Waals surface area contributed by atoms with E-state index < -0.39 is 11.7 Å². The summed E-state index contributed by atoms with van der Waals surface area (Å²) in [5, 5.41) is 2.52. The molecule has 1 unspecified atom stereocenters. The van der Waals surface area contributed by atoms with Gasteiger partial charge in [-0.05, 0) is 37.0 Å². The van der Waals surface area contributed by atoms with Gasteiger partial charge in [-0.1, -0.05) is 11.6 Å². The molecule has 0 spiro atoms. The lowest BCUT2D eigenvalue weighted by Crippen LogP contribution is -2.23. The fourth-order valence-corrected chi connectivity index (χ4v) is 2.39. The molecule has 1 atom stereocenters. The lowest BCUT2D eigenvalue weighted by atomic mass is 9.98. The molecule has 21 heavy (non-hydrogen) atoms. The first-order valence-electron chi connectivity index (χ1n) is 6.60. The molecule has 116 valence electrons. The van der Waals surface area contributed by atoms with Crippen molar-refractivity contribution in [2.45, 2.75) is 25.4 Å². The van der Waals surface area contributed by atoms with Crippen LogP contribution in [0.4, 0.5) is 18.9 Å². The molecule has 1 aromatic rings. The first-order valence-corrected chi connectivity index (χ1v) is 6.98. The molecule has 0 aliphatic carbocycles. The number of benzene rings is 1. The topological polar surface area (TPSA) is 38.3 Å². The zero-order valence-electron chi connectivity index (χ0n) is 11.2. The summed E-state index contributed by atoms with van der Waals surface area (Å²) in [5.74, 6) is -0.255. The van der Waals surface area contributed by atoms with Crippen LogP contribution in [0.1, 0.15) is 24.8 Å². The fourth-order valence-electron chi connectivity index (χ4n) is 2.23.